The molecule has 1 heterocycles. The van der Waals surface area contributed by atoms with Crippen molar-refractivity contribution in [3.63, 3.8) is 0 Å². The van der Waals surface area contributed by atoms with E-state index in [2.05, 4.69) is 19.2 Å². The van der Waals surface area contributed by atoms with Gasteiger partial charge in [0, 0.05) is 19.2 Å². The van der Waals surface area contributed by atoms with Crippen molar-refractivity contribution in [2.24, 2.45) is 5.92 Å². The molecule has 0 spiro atoms. The molecular weight excluding hydrogens is 174 g/mol. The molecule has 0 saturated carbocycles. The lowest BCUT2D eigenvalue weighted by molar-refractivity contribution is 0.116. The van der Waals surface area contributed by atoms with Gasteiger partial charge in [-0.15, -0.1) is 12.4 Å². The van der Waals surface area contributed by atoms with Crippen molar-refractivity contribution in [3.05, 3.63) is 0 Å². The van der Waals surface area contributed by atoms with E-state index in [-0.39, 0.29) is 12.4 Å². The maximum atomic E-state index is 5.11. The minimum Gasteiger partial charge on any atom is -0.384 e. The molecule has 2 nitrogen and oxygen atoms in total. The van der Waals surface area contributed by atoms with Gasteiger partial charge in [0.15, 0.2) is 0 Å². The first-order chi connectivity index (χ1) is 5.14. The fourth-order valence-corrected chi connectivity index (χ4v) is 1.55. The third-order valence-electron chi connectivity index (χ3n) is 2.45. The van der Waals surface area contributed by atoms with Gasteiger partial charge in [0.25, 0.3) is 0 Å². The number of nitrogens with one attached hydrogen (secondary N) is 1. The summed E-state index contributed by atoms with van der Waals surface area (Å²) in [6, 6.07) is 0. The second-order valence-electron chi connectivity index (χ2n) is 4.12. The molecule has 1 rings (SSSR count). The lowest BCUT2D eigenvalue weighted by atomic mass is 9.87. The Kier molecular flexibility index (Phi) is 5.14. The van der Waals surface area contributed by atoms with Crippen LogP contribution in [0.3, 0.4) is 0 Å². The number of piperidine rings is 1. The van der Waals surface area contributed by atoms with Crippen LogP contribution in [0.1, 0.15) is 26.7 Å². The zero-order valence-corrected chi connectivity index (χ0v) is 9.04. The van der Waals surface area contributed by atoms with E-state index in [4.69, 9.17) is 4.74 Å². The number of ether oxygens (including phenoxy) is 1. The van der Waals surface area contributed by atoms with Crippen LogP contribution in [0.5, 0.6) is 0 Å². The van der Waals surface area contributed by atoms with Gasteiger partial charge in [0.2, 0.25) is 0 Å². The molecule has 0 aromatic carbocycles. The largest absolute Gasteiger partial charge is 0.384 e. The molecule has 1 aliphatic heterocycles. The van der Waals surface area contributed by atoms with Crippen molar-refractivity contribution in [3.8, 4) is 0 Å². The molecule has 1 saturated heterocycles. The van der Waals surface area contributed by atoms with Crippen molar-refractivity contribution in [1.29, 1.82) is 0 Å². The summed E-state index contributed by atoms with van der Waals surface area (Å²) in [7, 11) is 1.78. The van der Waals surface area contributed by atoms with Crippen LogP contribution < -0.4 is 5.32 Å². The van der Waals surface area contributed by atoms with Crippen LogP contribution in [0.2, 0.25) is 0 Å². The average molecular weight is 194 g/mol. The van der Waals surface area contributed by atoms with Gasteiger partial charge in [0.05, 0.1) is 6.61 Å². The lowest BCUT2D eigenvalue weighted by Crippen LogP contribution is -2.47. The summed E-state index contributed by atoms with van der Waals surface area (Å²) in [5, 5.41) is 3.51. The van der Waals surface area contributed by atoms with Crippen molar-refractivity contribution >= 4 is 12.4 Å². The summed E-state index contributed by atoms with van der Waals surface area (Å²) < 4.78 is 5.11. The molecule has 0 aliphatic carbocycles. The fourth-order valence-electron chi connectivity index (χ4n) is 1.55. The standard InChI is InChI=1S/C9H19NO.ClH/c1-9(2)5-4-8(6-10-9)7-11-3;/h8,10H,4-7H2,1-3H3;1H. The Balaban J connectivity index is 0.00000121. The Hall–Kier alpha value is 0.210. The maximum absolute atomic E-state index is 5.11. The smallest absolute Gasteiger partial charge is 0.0502 e. The highest BCUT2D eigenvalue weighted by atomic mass is 35.5. The SMILES string of the molecule is COCC1CCC(C)(C)NC1.Cl. The summed E-state index contributed by atoms with van der Waals surface area (Å²) in [5.41, 5.74) is 0.351. The normalized spacial score (nSPS) is 27.8. The third-order valence-corrected chi connectivity index (χ3v) is 2.45. The molecule has 1 aliphatic rings. The van der Waals surface area contributed by atoms with Crippen LogP contribution in [0.4, 0.5) is 0 Å². The van der Waals surface area contributed by atoms with Crippen LogP contribution in [0.25, 0.3) is 0 Å². The second kappa shape index (κ2) is 5.05. The quantitative estimate of drug-likeness (QED) is 0.723. The predicted octanol–water partition coefficient (Wildman–Crippen LogP) is 1.83. The van der Waals surface area contributed by atoms with Gasteiger partial charge < -0.3 is 10.1 Å². The van der Waals surface area contributed by atoms with Crippen molar-refractivity contribution in [1.82, 2.24) is 5.32 Å². The van der Waals surface area contributed by atoms with Gasteiger partial charge in [-0.25, -0.2) is 0 Å². The Bertz CT molecular complexity index is 118. The van der Waals surface area contributed by atoms with E-state index >= 15 is 0 Å². The number of hydrogen-bond donors (Lipinski definition) is 1. The summed E-state index contributed by atoms with van der Waals surface area (Å²) >= 11 is 0. The summed E-state index contributed by atoms with van der Waals surface area (Å²) in [5.74, 6) is 0.730. The molecular formula is C9H20ClNO. The van der Waals surface area contributed by atoms with Gasteiger partial charge in [-0.1, -0.05) is 0 Å². The van der Waals surface area contributed by atoms with Crippen LogP contribution >= 0.6 is 12.4 Å². The Morgan fingerprint density at radius 2 is 2.17 bits per heavy atom. The fraction of sp³-hybridized carbons (Fsp3) is 1.00. The molecule has 0 amide bonds. The van der Waals surface area contributed by atoms with E-state index in [9.17, 15) is 0 Å². The first-order valence-electron chi connectivity index (χ1n) is 4.38. The van der Waals surface area contributed by atoms with E-state index in [1.165, 1.54) is 12.8 Å². The van der Waals surface area contributed by atoms with Crippen molar-refractivity contribution in [2.45, 2.75) is 32.2 Å². The molecule has 1 fully saturated rings. The molecule has 0 aromatic heterocycles. The topological polar surface area (TPSA) is 21.3 Å². The van der Waals surface area contributed by atoms with E-state index in [0.29, 0.717) is 5.54 Å². The third kappa shape index (κ3) is 3.74. The molecule has 0 radical (unpaired) electrons. The van der Waals surface area contributed by atoms with Gasteiger partial charge in [-0.05, 0) is 32.6 Å². The molecule has 0 aromatic rings. The van der Waals surface area contributed by atoms with Crippen molar-refractivity contribution in [2.75, 3.05) is 20.3 Å². The molecule has 1 N–H and O–H groups in total. The summed E-state index contributed by atoms with van der Waals surface area (Å²) in [6.07, 6.45) is 2.56. The van der Waals surface area contributed by atoms with Crippen molar-refractivity contribution < 1.29 is 4.74 Å². The average Bonchev–Trinajstić information content (AvgIpc) is 1.94. The molecule has 0 bridgehead atoms. The molecule has 1 atom stereocenters. The van der Waals surface area contributed by atoms with E-state index in [1.54, 1.807) is 7.11 Å². The number of rotatable bonds is 2. The summed E-state index contributed by atoms with van der Waals surface area (Å²) in [6.45, 7) is 6.54. The summed E-state index contributed by atoms with van der Waals surface area (Å²) in [4.78, 5) is 0. The highest BCUT2D eigenvalue weighted by molar-refractivity contribution is 5.85. The van der Waals surface area contributed by atoms with Crippen LogP contribution in [-0.2, 0) is 4.74 Å². The van der Waals surface area contributed by atoms with Crippen LogP contribution in [0.15, 0.2) is 0 Å². The monoisotopic (exact) mass is 193 g/mol. The first kappa shape index (κ1) is 12.2. The number of hydrogen-bond acceptors (Lipinski definition) is 2. The molecule has 12 heavy (non-hydrogen) atoms. The lowest BCUT2D eigenvalue weighted by Gasteiger charge is -2.35. The minimum absolute atomic E-state index is 0. The van der Waals surface area contributed by atoms with E-state index in [0.717, 1.165) is 19.1 Å². The highest BCUT2D eigenvalue weighted by Gasteiger charge is 2.25. The Morgan fingerprint density at radius 1 is 1.50 bits per heavy atom. The van der Waals surface area contributed by atoms with Crippen LogP contribution in [0, 0.1) is 5.92 Å². The molecule has 74 valence electrons. The van der Waals surface area contributed by atoms with E-state index in [1.807, 2.05) is 0 Å². The number of halogens is 1. The Labute approximate surface area is 81.5 Å². The highest BCUT2D eigenvalue weighted by Crippen LogP contribution is 2.21. The zero-order chi connectivity index (χ0) is 8.32. The predicted molar refractivity (Wildman–Crippen MR) is 53.9 cm³/mol. The Morgan fingerprint density at radius 3 is 2.58 bits per heavy atom. The van der Waals surface area contributed by atoms with E-state index < -0.39 is 0 Å². The van der Waals surface area contributed by atoms with Gasteiger partial charge >= 0.3 is 0 Å². The van der Waals surface area contributed by atoms with Gasteiger partial charge in [-0.3, -0.25) is 0 Å². The molecule has 3 heteroatoms. The van der Waals surface area contributed by atoms with Gasteiger partial charge in [-0.2, -0.15) is 0 Å². The van der Waals surface area contributed by atoms with Crippen LogP contribution in [-0.4, -0.2) is 25.8 Å². The van der Waals surface area contributed by atoms with Gasteiger partial charge in [0.1, 0.15) is 0 Å². The molecule has 1 unspecified atom stereocenters. The first-order valence-corrected chi connectivity index (χ1v) is 4.38. The maximum Gasteiger partial charge on any atom is 0.0502 e. The second-order valence-corrected chi connectivity index (χ2v) is 4.12. The minimum atomic E-state index is 0. The zero-order valence-electron chi connectivity index (χ0n) is 8.22. The number of methoxy groups -OCH3 is 1.